The lowest BCUT2D eigenvalue weighted by molar-refractivity contribution is -0.143. The van der Waals surface area contributed by atoms with E-state index in [1.54, 1.807) is 6.92 Å². The number of carboxylic acid groups (broad SMARTS) is 1. The van der Waals surface area contributed by atoms with Gasteiger partial charge in [-0.15, -0.1) is 0 Å². The fourth-order valence-corrected chi connectivity index (χ4v) is 5.35. The molecule has 0 spiro atoms. The van der Waals surface area contributed by atoms with Crippen LogP contribution in [0.15, 0.2) is 18.2 Å². The monoisotopic (exact) mass is 450 g/mol. The van der Waals surface area contributed by atoms with E-state index in [0.717, 1.165) is 49.0 Å². The molecule has 2 aliphatic rings. The maximum atomic E-state index is 12.1. The first kappa shape index (κ1) is 23.7. The van der Waals surface area contributed by atoms with Crippen molar-refractivity contribution in [3.8, 4) is 5.75 Å². The Bertz CT molecular complexity index is 779. The molecule has 0 bridgehead atoms. The Morgan fingerprint density at radius 1 is 1.26 bits per heavy atom. The number of fused-ring (bicyclic) bond motifs is 1. The maximum Gasteiger partial charge on any atom is 0.418 e. The average Bonchev–Trinajstić information content (AvgIpc) is 3.05. The third-order valence-corrected chi connectivity index (χ3v) is 6.90. The number of carbonyl (C=O) groups excluding carboxylic acids is 1. The van der Waals surface area contributed by atoms with Gasteiger partial charge in [-0.2, -0.15) is 0 Å². The van der Waals surface area contributed by atoms with E-state index in [1.165, 1.54) is 22.9 Å². The molecule has 1 aromatic carbocycles. The van der Waals surface area contributed by atoms with Crippen LogP contribution in [-0.4, -0.2) is 50.6 Å². The van der Waals surface area contributed by atoms with E-state index in [0.29, 0.717) is 13.2 Å². The Balaban J connectivity index is 1.73. The first-order chi connectivity index (χ1) is 14.8. The van der Waals surface area contributed by atoms with Gasteiger partial charge in [-0.25, -0.2) is 13.4 Å². The van der Waals surface area contributed by atoms with Crippen LogP contribution in [0, 0.1) is 0 Å². The SMILES string of the molecule is CCOC(=O)CCN(SN(Cc1cccc2c1OC(C)(C)C2)C(=O)O)C1CCCCC1. The normalized spacial score (nSPS) is 17.8. The van der Waals surface area contributed by atoms with Crippen molar-refractivity contribution in [2.24, 2.45) is 0 Å². The van der Waals surface area contributed by atoms with Crippen LogP contribution in [0.4, 0.5) is 4.79 Å². The first-order valence-corrected chi connectivity index (χ1v) is 11.9. The molecule has 1 aliphatic heterocycles. The second kappa shape index (κ2) is 10.6. The quantitative estimate of drug-likeness (QED) is 0.417. The van der Waals surface area contributed by atoms with Crippen molar-refractivity contribution >= 4 is 24.2 Å². The number of nitrogens with zero attached hydrogens (tertiary/aromatic N) is 2. The summed E-state index contributed by atoms with van der Waals surface area (Å²) in [6.45, 7) is 6.92. The molecule has 0 atom stereocenters. The van der Waals surface area contributed by atoms with Gasteiger partial charge in [0.25, 0.3) is 0 Å². The fourth-order valence-electron chi connectivity index (χ4n) is 4.31. The molecular weight excluding hydrogens is 416 g/mol. The van der Waals surface area contributed by atoms with Gasteiger partial charge in [0.1, 0.15) is 11.4 Å². The molecule has 1 amide bonds. The number of ether oxygens (including phenoxy) is 2. The molecule has 1 saturated carbocycles. The molecule has 1 aliphatic carbocycles. The number of benzene rings is 1. The highest BCUT2D eigenvalue weighted by molar-refractivity contribution is 7.95. The van der Waals surface area contributed by atoms with Gasteiger partial charge in [-0.3, -0.25) is 4.79 Å². The Labute approximate surface area is 189 Å². The summed E-state index contributed by atoms with van der Waals surface area (Å²) in [6.07, 6.45) is 5.55. The van der Waals surface area contributed by atoms with Crippen molar-refractivity contribution in [3.05, 3.63) is 29.3 Å². The van der Waals surface area contributed by atoms with Crippen molar-refractivity contribution in [2.75, 3.05) is 13.2 Å². The fraction of sp³-hybridized carbons (Fsp3) is 0.652. The van der Waals surface area contributed by atoms with Crippen LogP contribution >= 0.6 is 12.1 Å². The zero-order chi connectivity index (χ0) is 22.4. The molecule has 7 nitrogen and oxygen atoms in total. The Morgan fingerprint density at radius 2 is 2.00 bits per heavy atom. The topological polar surface area (TPSA) is 79.3 Å². The highest BCUT2D eigenvalue weighted by atomic mass is 32.2. The largest absolute Gasteiger partial charge is 0.487 e. The predicted molar refractivity (Wildman–Crippen MR) is 121 cm³/mol. The van der Waals surface area contributed by atoms with Crippen molar-refractivity contribution in [1.29, 1.82) is 0 Å². The van der Waals surface area contributed by atoms with E-state index in [2.05, 4.69) is 4.31 Å². The third-order valence-electron chi connectivity index (χ3n) is 5.73. The van der Waals surface area contributed by atoms with Gasteiger partial charge < -0.3 is 14.6 Å². The number of rotatable bonds is 9. The predicted octanol–water partition coefficient (Wildman–Crippen LogP) is 5.03. The van der Waals surface area contributed by atoms with Crippen LogP contribution in [0.2, 0.25) is 0 Å². The standard InChI is InChI=1S/C23H34N2O5S/c1-4-29-20(26)13-14-24(19-11-6-5-7-12-19)31-25(22(27)28)16-18-10-8-9-17-15-23(2,3)30-21(17)18/h8-10,19H,4-7,11-16H2,1-3H3,(H,27,28). The van der Waals surface area contributed by atoms with Crippen LogP contribution in [-0.2, 0) is 22.5 Å². The van der Waals surface area contributed by atoms with Gasteiger partial charge in [-0.05, 0) is 39.2 Å². The summed E-state index contributed by atoms with van der Waals surface area (Å²) in [5, 5.41) is 9.94. The summed E-state index contributed by atoms with van der Waals surface area (Å²) in [4.78, 5) is 24.1. The molecular formula is C23H34N2O5S. The van der Waals surface area contributed by atoms with Crippen molar-refractivity contribution in [1.82, 2.24) is 8.61 Å². The van der Waals surface area contributed by atoms with E-state index in [4.69, 9.17) is 9.47 Å². The Hall–Kier alpha value is -1.93. The molecule has 1 fully saturated rings. The number of hydrogen-bond donors (Lipinski definition) is 1. The lowest BCUT2D eigenvalue weighted by Gasteiger charge is -2.35. The lowest BCUT2D eigenvalue weighted by atomic mass is 9.95. The molecule has 1 N–H and O–H groups in total. The van der Waals surface area contributed by atoms with E-state index in [-0.39, 0.29) is 30.6 Å². The number of carbonyl (C=O) groups is 2. The molecule has 1 heterocycles. The summed E-state index contributed by atoms with van der Waals surface area (Å²) >= 11 is 1.21. The van der Waals surface area contributed by atoms with Crippen LogP contribution in [0.25, 0.3) is 0 Å². The van der Waals surface area contributed by atoms with E-state index in [1.807, 2.05) is 32.0 Å². The second-order valence-electron chi connectivity index (χ2n) is 8.83. The van der Waals surface area contributed by atoms with Crippen molar-refractivity contribution in [2.45, 2.75) is 83.9 Å². The third kappa shape index (κ3) is 6.53. The summed E-state index contributed by atoms with van der Waals surface area (Å²) < 4.78 is 14.6. The zero-order valence-corrected chi connectivity index (χ0v) is 19.6. The van der Waals surface area contributed by atoms with Crippen molar-refractivity contribution < 1.29 is 24.2 Å². The Morgan fingerprint density at radius 3 is 2.68 bits per heavy atom. The summed E-state index contributed by atoms with van der Waals surface area (Å²) in [5.41, 5.74) is 1.70. The van der Waals surface area contributed by atoms with Crippen LogP contribution in [0.3, 0.4) is 0 Å². The highest BCUT2D eigenvalue weighted by Crippen LogP contribution is 2.39. The van der Waals surface area contributed by atoms with Crippen LogP contribution in [0.5, 0.6) is 5.75 Å². The molecule has 31 heavy (non-hydrogen) atoms. The zero-order valence-electron chi connectivity index (χ0n) is 18.8. The van der Waals surface area contributed by atoms with Gasteiger partial charge in [0.05, 0.1) is 19.6 Å². The highest BCUT2D eigenvalue weighted by Gasteiger charge is 2.33. The number of para-hydroxylation sites is 1. The molecule has 1 aromatic rings. The van der Waals surface area contributed by atoms with Gasteiger partial charge >= 0.3 is 12.1 Å². The summed E-state index contributed by atoms with van der Waals surface area (Å²) in [6, 6.07) is 6.19. The summed E-state index contributed by atoms with van der Waals surface area (Å²) in [7, 11) is 0. The molecule has 3 rings (SSSR count). The number of esters is 1. The van der Waals surface area contributed by atoms with E-state index >= 15 is 0 Å². The van der Waals surface area contributed by atoms with Gasteiger partial charge in [-0.1, -0.05) is 37.5 Å². The number of hydrogen-bond acceptors (Lipinski definition) is 6. The second-order valence-corrected chi connectivity index (χ2v) is 9.91. The molecule has 0 unspecified atom stereocenters. The van der Waals surface area contributed by atoms with Crippen molar-refractivity contribution in [3.63, 3.8) is 0 Å². The van der Waals surface area contributed by atoms with Crippen LogP contribution < -0.4 is 4.74 Å². The Kier molecular flexibility index (Phi) is 8.11. The molecule has 0 radical (unpaired) electrons. The number of amides is 1. The summed E-state index contributed by atoms with van der Waals surface area (Å²) in [5.74, 6) is 0.553. The minimum absolute atomic E-state index is 0.224. The smallest absolute Gasteiger partial charge is 0.418 e. The minimum Gasteiger partial charge on any atom is -0.487 e. The van der Waals surface area contributed by atoms with Gasteiger partial charge in [0.15, 0.2) is 0 Å². The van der Waals surface area contributed by atoms with Gasteiger partial charge in [0.2, 0.25) is 0 Å². The average molecular weight is 451 g/mol. The van der Waals surface area contributed by atoms with E-state index in [9.17, 15) is 14.7 Å². The van der Waals surface area contributed by atoms with E-state index < -0.39 is 6.09 Å². The lowest BCUT2D eigenvalue weighted by Crippen LogP contribution is -2.38. The first-order valence-electron chi connectivity index (χ1n) is 11.2. The molecule has 8 heteroatoms. The minimum atomic E-state index is -1.00. The molecule has 172 valence electrons. The maximum absolute atomic E-state index is 12.1. The molecule has 0 saturated heterocycles. The molecule has 0 aromatic heterocycles. The van der Waals surface area contributed by atoms with Crippen LogP contribution in [0.1, 0.15) is 70.4 Å². The van der Waals surface area contributed by atoms with Gasteiger partial charge in [0, 0.05) is 36.7 Å².